The molecule has 0 atom stereocenters. The summed E-state index contributed by atoms with van der Waals surface area (Å²) in [5.41, 5.74) is 0.889. The van der Waals surface area contributed by atoms with Gasteiger partial charge in [0.25, 0.3) is 0 Å². The average Bonchev–Trinajstić information content (AvgIpc) is 3.06. The Bertz CT molecular complexity index is 622. The van der Waals surface area contributed by atoms with Crippen molar-refractivity contribution >= 4 is 5.97 Å². The van der Waals surface area contributed by atoms with Gasteiger partial charge in [0.15, 0.2) is 0 Å². The average molecular weight is 332 g/mol. The molecule has 6 nitrogen and oxygen atoms in total. The van der Waals surface area contributed by atoms with E-state index in [4.69, 9.17) is 14.0 Å². The molecule has 24 heavy (non-hydrogen) atoms. The third-order valence-corrected chi connectivity index (χ3v) is 3.42. The number of carbonyl (C=O) groups is 1. The number of esters is 1. The fourth-order valence-electron chi connectivity index (χ4n) is 2.14. The van der Waals surface area contributed by atoms with Crippen LogP contribution in [0.15, 0.2) is 28.8 Å². The molecule has 0 amide bonds. The van der Waals surface area contributed by atoms with Crippen LogP contribution in [0.5, 0.6) is 5.75 Å². The van der Waals surface area contributed by atoms with Gasteiger partial charge in [0.1, 0.15) is 5.75 Å². The minimum atomic E-state index is -0.188. The third kappa shape index (κ3) is 5.68. The first kappa shape index (κ1) is 18.0. The molecule has 1 aromatic carbocycles. The molecule has 0 saturated carbocycles. The number of benzene rings is 1. The van der Waals surface area contributed by atoms with Crippen molar-refractivity contribution in [2.24, 2.45) is 0 Å². The number of hydrogen-bond acceptors (Lipinski definition) is 6. The van der Waals surface area contributed by atoms with Gasteiger partial charge in [0.2, 0.25) is 11.7 Å². The van der Waals surface area contributed by atoms with Gasteiger partial charge in [-0.05, 0) is 44.0 Å². The molecule has 2 aromatic rings. The van der Waals surface area contributed by atoms with Gasteiger partial charge >= 0.3 is 5.97 Å². The maximum Gasteiger partial charge on any atom is 0.305 e. The van der Waals surface area contributed by atoms with Crippen molar-refractivity contribution in [3.63, 3.8) is 0 Å². The van der Waals surface area contributed by atoms with Crippen LogP contribution >= 0.6 is 0 Å². The van der Waals surface area contributed by atoms with Crippen LogP contribution in [0, 0.1) is 0 Å². The van der Waals surface area contributed by atoms with Gasteiger partial charge < -0.3 is 14.0 Å². The van der Waals surface area contributed by atoms with Gasteiger partial charge in [0, 0.05) is 18.4 Å². The lowest BCUT2D eigenvalue weighted by molar-refractivity contribution is -0.143. The molecule has 0 bridgehead atoms. The summed E-state index contributed by atoms with van der Waals surface area (Å²) in [5.74, 6) is 1.82. The molecular weight excluding hydrogens is 308 g/mol. The minimum Gasteiger partial charge on any atom is -0.494 e. The summed E-state index contributed by atoms with van der Waals surface area (Å²) in [6.07, 6.45) is 3.95. The van der Waals surface area contributed by atoms with Crippen molar-refractivity contribution in [3.8, 4) is 17.1 Å². The van der Waals surface area contributed by atoms with E-state index in [1.54, 1.807) is 6.92 Å². The topological polar surface area (TPSA) is 74.5 Å². The number of hydrogen-bond donors (Lipinski definition) is 0. The molecule has 0 aliphatic carbocycles. The van der Waals surface area contributed by atoms with E-state index in [0.29, 0.717) is 37.8 Å². The SMILES string of the molecule is CCCCc1nc(-c2ccc(OCCCC(=O)OCC)cc2)no1. The van der Waals surface area contributed by atoms with Crippen molar-refractivity contribution in [3.05, 3.63) is 30.2 Å². The summed E-state index contributed by atoms with van der Waals surface area (Å²) >= 11 is 0. The van der Waals surface area contributed by atoms with Crippen molar-refractivity contribution in [1.29, 1.82) is 0 Å². The van der Waals surface area contributed by atoms with Crippen LogP contribution in [-0.4, -0.2) is 29.3 Å². The fourth-order valence-corrected chi connectivity index (χ4v) is 2.14. The predicted octanol–water partition coefficient (Wildman–Crippen LogP) is 3.80. The number of unbranched alkanes of at least 4 members (excludes halogenated alkanes) is 1. The molecular formula is C18H24N2O4. The van der Waals surface area contributed by atoms with Crippen LogP contribution in [0.2, 0.25) is 0 Å². The van der Waals surface area contributed by atoms with Crippen LogP contribution < -0.4 is 4.74 Å². The standard InChI is InChI=1S/C18H24N2O4/c1-3-5-7-16-19-18(20-24-16)14-9-11-15(12-10-14)23-13-6-8-17(21)22-4-2/h9-12H,3-8,13H2,1-2H3. The highest BCUT2D eigenvalue weighted by Crippen LogP contribution is 2.20. The first-order chi connectivity index (χ1) is 11.7. The fraction of sp³-hybridized carbons (Fsp3) is 0.500. The summed E-state index contributed by atoms with van der Waals surface area (Å²) in [7, 11) is 0. The molecule has 1 heterocycles. The smallest absolute Gasteiger partial charge is 0.305 e. The Labute approximate surface area is 142 Å². The third-order valence-electron chi connectivity index (χ3n) is 3.42. The van der Waals surface area contributed by atoms with Gasteiger partial charge in [-0.2, -0.15) is 4.98 Å². The van der Waals surface area contributed by atoms with Crippen molar-refractivity contribution in [1.82, 2.24) is 10.1 Å². The van der Waals surface area contributed by atoms with Crippen LogP contribution in [0.3, 0.4) is 0 Å². The molecule has 0 N–H and O–H groups in total. The molecule has 130 valence electrons. The number of ether oxygens (including phenoxy) is 2. The van der Waals surface area contributed by atoms with Gasteiger partial charge in [-0.1, -0.05) is 18.5 Å². The van der Waals surface area contributed by atoms with Gasteiger partial charge in [-0.3, -0.25) is 4.79 Å². The van der Waals surface area contributed by atoms with Crippen molar-refractivity contribution in [2.75, 3.05) is 13.2 Å². The van der Waals surface area contributed by atoms with Crippen LogP contribution in [0.4, 0.5) is 0 Å². The molecule has 1 aromatic heterocycles. The highest BCUT2D eigenvalue weighted by atomic mass is 16.5. The maximum atomic E-state index is 11.2. The van der Waals surface area contributed by atoms with Crippen molar-refractivity contribution < 1.29 is 18.8 Å². The number of aromatic nitrogens is 2. The van der Waals surface area contributed by atoms with E-state index in [-0.39, 0.29) is 5.97 Å². The number of rotatable bonds is 10. The Hall–Kier alpha value is -2.37. The number of aryl methyl sites for hydroxylation is 1. The predicted molar refractivity (Wildman–Crippen MR) is 89.7 cm³/mol. The lowest BCUT2D eigenvalue weighted by Gasteiger charge is -2.06. The van der Waals surface area contributed by atoms with Crippen LogP contribution in [0.1, 0.15) is 45.4 Å². The highest BCUT2D eigenvalue weighted by Gasteiger charge is 2.08. The van der Waals surface area contributed by atoms with Gasteiger partial charge in [0.05, 0.1) is 13.2 Å². The quantitative estimate of drug-likeness (QED) is 0.486. The van der Waals surface area contributed by atoms with Gasteiger partial charge in [-0.25, -0.2) is 0 Å². The Morgan fingerprint density at radius 2 is 1.96 bits per heavy atom. The van der Waals surface area contributed by atoms with E-state index in [0.717, 1.165) is 30.6 Å². The van der Waals surface area contributed by atoms with E-state index in [1.807, 2.05) is 24.3 Å². The molecule has 2 rings (SSSR count). The normalized spacial score (nSPS) is 10.6. The van der Waals surface area contributed by atoms with E-state index < -0.39 is 0 Å². The first-order valence-electron chi connectivity index (χ1n) is 8.44. The lowest BCUT2D eigenvalue weighted by Crippen LogP contribution is -2.06. The summed E-state index contributed by atoms with van der Waals surface area (Å²) in [6, 6.07) is 7.52. The largest absolute Gasteiger partial charge is 0.494 e. The zero-order chi connectivity index (χ0) is 17.2. The monoisotopic (exact) mass is 332 g/mol. The Morgan fingerprint density at radius 1 is 1.17 bits per heavy atom. The highest BCUT2D eigenvalue weighted by molar-refractivity contribution is 5.69. The van der Waals surface area contributed by atoms with E-state index in [1.165, 1.54) is 0 Å². The van der Waals surface area contributed by atoms with Crippen molar-refractivity contribution in [2.45, 2.75) is 46.0 Å². The summed E-state index contributed by atoms with van der Waals surface area (Å²) < 4.78 is 15.7. The number of nitrogens with zero attached hydrogens (tertiary/aromatic N) is 2. The Balaban J connectivity index is 1.80. The van der Waals surface area contributed by atoms with Crippen LogP contribution in [0.25, 0.3) is 11.4 Å². The molecule has 0 aliphatic rings. The van der Waals surface area contributed by atoms with Gasteiger partial charge in [-0.15, -0.1) is 0 Å². The lowest BCUT2D eigenvalue weighted by atomic mass is 10.2. The molecule has 0 radical (unpaired) electrons. The van der Waals surface area contributed by atoms with Crippen LogP contribution in [-0.2, 0) is 16.0 Å². The van der Waals surface area contributed by atoms with E-state index in [9.17, 15) is 4.79 Å². The summed E-state index contributed by atoms with van der Waals surface area (Å²) in [5, 5.41) is 4.00. The zero-order valence-electron chi connectivity index (χ0n) is 14.3. The molecule has 0 spiro atoms. The summed E-state index contributed by atoms with van der Waals surface area (Å²) in [4.78, 5) is 15.6. The molecule has 0 aliphatic heterocycles. The molecule has 6 heteroatoms. The Kier molecular flexibility index (Phi) is 7.26. The second-order valence-electron chi connectivity index (χ2n) is 5.40. The van der Waals surface area contributed by atoms with E-state index >= 15 is 0 Å². The molecule has 0 saturated heterocycles. The summed E-state index contributed by atoms with van der Waals surface area (Å²) in [6.45, 7) is 4.81. The maximum absolute atomic E-state index is 11.2. The first-order valence-corrected chi connectivity index (χ1v) is 8.44. The zero-order valence-corrected chi connectivity index (χ0v) is 14.3. The molecule has 0 unspecified atom stereocenters. The Morgan fingerprint density at radius 3 is 2.67 bits per heavy atom. The second-order valence-corrected chi connectivity index (χ2v) is 5.40. The number of carbonyl (C=O) groups excluding carboxylic acids is 1. The molecule has 0 fully saturated rings. The minimum absolute atomic E-state index is 0.188. The second kappa shape index (κ2) is 9.70. The van der Waals surface area contributed by atoms with E-state index in [2.05, 4.69) is 17.1 Å².